The number of para-hydroxylation sites is 1. The minimum absolute atomic E-state index is 0.176. The molecule has 0 unspecified atom stereocenters. The van der Waals surface area contributed by atoms with Gasteiger partial charge in [-0.05, 0) is 24.3 Å². The zero-order valence-electron chi connectivity index (χ0n) is 10.4. The van der Waals surface area contributed by atoms with E-state index < -0.39 is 0 Å². The average Bonchev–Trinajstić information content (AvgIpc) is 2.77. The molecule has 5 nitrogen and oxygen atoms in total. The van der Waals surface area contributed by atoms with Crippen molar-refractivity contribution >= 4 is 0 Å². The molecule has 5 heteroatoms. The first-order valence-electron chi connectivity index (χ1n) is 5.89. The lowest BCUT2D eigenvalue weighted by Gasteiger charge is -1.97. The number of rotatable bonds is 2. The van der Waals surface area contributed by atoms with Crippen LogP contribution in [0.3, 0.4) is 0 Å². The van der Waals surface area contributed by atoms with Crippen molar-refractivity contribution in [3.63, 3.8) is 0 Å². The summed E-state index contributed by atoms with van der Waals surface area (Å²) in [5, 5.41) is 4.38. The highest BCUT2D eigenvalue weighted by Gasteiger charge is 2.12. The summed E-state index contributed by atoms with van der Waals surface area (Å²) >= 11 is 0. The SMILES string of the molecule is Cn1c(-c2cccnc2)nn(-c2ccccc2)c1=O. The van der Waals surface area contributed by atoms with Crippen molar-refractivity contribution in [2.45, 2.75) is 0 Å². The van der Waals surface area contributed by atoms with Crippen LogP contribution in [-0.2, 0) is 7.05 Å². The third-order valence-corrected chi connectivity index (χ3v) is 2.90. The van der Waals surface area contributed by atoms with Gasteiger partial charge in [-0.15, -0.1) is 5.10 Å². The zero-order valence-corrected chi connectivity index (χ0v) is 10.4. The van der Waals surface area contributed by atoms with E-state index in [1.165, 1.54) is 9.25 Å². The molecule has 0 aliphatic rings. The molecule has 0 atom stereocenters. The molecule has 0 spiro atoms. The van der Waals surface area contributed by atoms with Crippen LogP contribution in [0, 0.1) is 0 Å². The van der Waals surface area contributed by atoms with E-state index in [0.29, 0.717) is 5.82 Å². The second-order valence-corrected chi connectivity index (χ2v) is 4.15. The molecule has 3 rings (SSSR count). The molecule has 0 N–H and O–H groups in total. The van der Waals surface area contributed by atoms with Gasteiger partial charge < -0.3 is 0 Å². The molecular weight excluding hydrogens is 240 g/mol. The lowest BCUT2D eigenvalue weighted by Crippen LogP contribution is -2.21. The van der Waals surface area contributed by atoms with Gasteiger partial charge in [-0.2, -0.15) is 4.68 Å². The Morgan fingerprint density at radius 2 is 1.84 bits per heavy atom. The molecule has 2 aromatic heterocycles. The second kappa shape index (κ2) is 4.53. The molecule has 2 heterocycles. The Kier molecular flexibility index (Phi) is 2.72. The molecule has 0 bridgehead atoms. The van der Waals surface area contributed by atoms with E-state index in [2.05, 4.69) is 10.1 Å². The van der Waals surface area contributed by atoms with Gasteiger partial charge in [0.25, 0.3) is 0 Å². The molecule has 19 heavy (non-hydrogen) atoms. The Labute approximate surface area is 109 Å². The van der Waals surface area contributed by atoms with Crippen LogP contribution in [0.5, 0.6) is 0 Å². The number of hydrogen-bond donors (Lipinski definition) is 0. The highest BCUT2D eigenvalue weighted by molar-refractivity contribution is 5.53. The van der Waals surface area contributed by atoms with Crippen LogP contribution < -0.4 is 5.69 Å². The third kappa shape index (κ3) is 1.95. The summed E-state index contributed by atoms with van der Waals surface area (Å²) in [4.78, 5) is 16.3. The van der Waals surface area contributed by atoms with Crippen molar-refractivity contribution in [2.75, 3.05) is 0 Å². The summed E-state index contributed by atoms with van der Waals surface area (Å²) in [6.07, 6.45) is 3.38. The molecule has 0 radical (unpaired) electrons. The fraction of sp³-hybridized carbons (Fsp3) is 0.0714. The highest BCUT2D eigenvalue weighted by atomic mass is 16.2. The second-order valence-electron chi connectivity index (χ2n) is 4.15. The summed E-state index contributed by atoms with van der Waals surface area (Å²) in [5.74, 6) is 0.599. The van der Waals surface area contributed by atoms with Gasteiger partial charge in [0.15, 0.2) is 5.82 Å². The Morgan fingerprint density at radius 3 is 2.53 bits per heavy atom. The molecule has 0 saturated carbocycles. The average molecular weight is 252 g/mol. The molecule has 1 aromatic carbocycles. The van der Waals surface area contributed by atoms with Gasteiger partial charge in [-0.25, -0.2) is 4.79 Å². The van der Waals surface area contributed by atoms with Crippen molar-refractivity contribution in [3.8, 4) is 17.1 Å². The molecule has 0 aliphatic heterocycles. The van der Waals surface area contributed by atoms with Gasteiger partial charge in [-0.3, -0.25) is 9.55 Å². The first-order chi connectivity index (χ1) is 9.27. The molecule has 0 saturated heterocycles. The van der Waals surface area contributed by atoms with E-state index >= 15 is 0 Å². The highest BCUT2D eigenvalue weighted by Crippen LogP contribution is 2.14. The predicted molar refractivity (Wildman–Crippen MR) is 72.0 cm³/mol. The van der Waals surface area contributed by atoms with Gasteiger partial charge in [-0.1, -0.05) is 18.2 Å². The van der Waals surface area contributed by atoms with Crippen LogP contribution in [0.15, 0.2) is 59.7 Å². The minimum atomic E-state index is -0.176. The molecule has 94 valence electrons. The van der Waals surface area contributed by atoms with Crippen molar-refractivity contribution in [1.29, 1.82) is 0 Å². The summed E-state index contributed by atoms with van der Waals surface area (Å²) in [6.45, 7) is 0. The fourth-order valence-electron chi connectivity index (χ4n) is 1.92. The predicted octanol–water partition coefficient (Wildman–Crippen LogP) is 1.63. The van der Waals surface area contributed by atoms with E-state index in [0.717, 1.165) is 11.3 Å². The minimum Gasteiger partial charge on any atom is -0.278 e. The maximum absolute atomic E-state index is 12.2. The number of nitrogens with zero attached hydrogens (tertiary/aromatic N) is 4. The monoisotopic (exact) mass is 252 g/mol. The first-order valence-corrected chi connectivity index (χ1v) is 5.89. The Morgan fingerprint density at radius 1 is 1.05 bits per heavy atom. The lowest BCUT2D eigenvalue weighted by molar-refractivity contribution is 0.799. The van der Waals surface area contributed by atoms with E-state index in [1.807, 2.05) is 42.5 Å². The maximum atomic E-state index is 12.2. The van der Waals surface area contributed by atoms with E-state index in [1.54, 1.807) is 19.4 Å². The maximum Gasteiger partial charge on any atom is 0.350 e. The third-order valence-electron chi connectivity index (χ3n) is 2.90. The first kappa shape index (κ1) is 11.4. The Hall–Kier alpha value is -2.69. The molecule has 3 aromatic rings. The number of hydrogen-bond acceptors (Lipinski definition) is 3. The Bertz CT molecular complexity index is 744. The van der Waals surface area contributed by atoms with Gasteiger partial charge in [0.2, 0.25) is 0 Å². The van der Waals surface area contributed by atoms with Crippen molar-refractivity contribution in [2.24, 2.45) is 7.05 Å². The largest absolute Gasteiger partial charge is 0.350 e. The van der Waals surface area contributed by atoms with Gasteiger partial charge in [0.1, 0.15) is 0 Å². The van der Waals surface area contributed by atoms with Crippen LogP contribution in [-0.4, -0.2) is 19.3 Å². The van der Waals surface area contributed by atoms with Crippen LogP contribution in [0.25, 0.3) is 17.1 Å². The van der Waals surface area contributed by atoms with Gasteiger partial charge >= 0.3 is 5.69 Å². The summed E-state index contributed by atoms with van der Waals surface area (Å²) < 4.78 is 2.91. The molecule has 0 aliphatic carbocycles. The van der Waals surface area contributed by atoms with Crippen molar-refractivity contribution < 1.29 is 0 Å². The fourth-order valence-corrected chi connectivity index (χ4v) is 1.92. The van der Waals surface area contributed by atoms with E-state index in [4.69, 9.17) is 0 Å². The zero-order chi connectivity index (χ0) is 13.2. The van der Waals surface area contributed by atoms with Crippen LogP contribution >= 0.6 is 0 Å². The summed E-state index contributed by atoms with van der Waals surface area (Å²) in [6, 6.07) is 13.0. The topological polar surface area (TPSA) is 52.7 Å². The normalized spacial score (nSPS) is 10.6. The lowest BCUT2D eigenvalue weighted by atomic mass is 10.3. The molecular formula is C14H12N4O. The molecule has 0 amide bonds. The van der Waals surface area contributed by atoms with Crippen molar-refractivity contribution in [1.82, 2.24) is 19.3 Å². The van der Waals surface area contributed by atoms with E-state index in [-0.39, 0.29) is 5.69 Å². The van der Waals surface area contributed by atoms with Crippen molar-refractivity contribution in [3.05, 3.63) is 65.3 Å². The smallest absolute Gasteiger partial charge is 0.278 e. The Balaban J connectivity index is 2.19. The van der Waals surface area contributed by atoms with Crippen LogP contribution in [0.4, 0.5) is 0 Å². The van der Waals surface area contributed by atoms with Gasteiger partial charge in [0.05, 0.1) is 5.69 Å². The summed E-state index contributed by atoms with van der Waals surface area (Å²) in [7, 11) is 1.71. The van der Waals surface area contributed by atoms with Gasteiger partial charge in [0, 0.05) is 25.0 Å². The van der Waals surface area contributed by atoms with Crippen LogP contribution in [0.1, 0.15) is 0 Å². The summed E-state index contributed by atoms with van der Waals surface area (Å²) in [5.41, 5.74) is 1.39. The molecule has 0 fully saturated rings. The number of benzene rings is 1. The standard InChI is InChI=1S/C14H12N4O/c1-17-13(11-6-5-9-15-10-11)16-18(14(17)19)12-7-3-2-4-8-12/h2-10H,1H3. The quantitative estimate of drug-likeness (QED) is 0.696. The number of aromatic nitrogens is 4. The van der Waals surface area contributed by atoms with Crippen LogP contribution in [0.2, 0.25) is 0 Å². The van der Waals surface area contributed by atoms with E-state index in [9.17, 15) is 4.79 Å². The number of pyridine rings is 1.